The fourth-order valence-corrected chi connectivity index (χ4v) is 2.21. The first-order chi connectivity index (χ1) is 9.95. The van der Waals surface area contributed by atoms with Gasteiger partial charge >= 0.3 is 0 Å². The first-order valence-corrected chi connectivity index (χ1v) is 6.86. The lowest BCUT2D eigenvalue weighted by atomic mass is 10.2. The Balaban J connectivity index is 2.35. The molecule has 1 aromatic carbocycles. The number of nitrogen functional groups attached to an aromatic ring is 1. The second kappa shape index (κ2) is 5.87. The summed E-state index contributed by atoms with van der Waals surface area (Å²) < 4.78 is 1.62. The van der Waals surface area contributed by atoms with E-state index in [2.05, 4.69) is 10.4 Å². The van der Waals surface area contributed by atoms with Crippen LogP contribution in [0.25, 0.3) is 0 Å². The molecule has 1 amide bonds. The van der Waals surface area contributed by atoms with Gasteiger partial charge in [-0.25, -0.2) is 0 Å². The van der Waals surface area contributed by atoms with E-state index in [4.69, 9.17) is 5.73 Å². The molecule has 0 fully saturated rings. The molecule has 1 heterocycles. The van der Waals surface area contributed by atoms with Gasteiger partial charge in [0.05, 0.1) is 22.8 Å². The van der Waals surface area contributed by atoms with Crippen molar-refractivity contribution in [2.45, 2.75) is 20.4 Å². The van der Waals surface area contributed by atoms with Crippen molar-refractivity contribution in [3.05, 3.63) is 35.7 Å². The summed E-state index contributed by atoms with van der Waals surface area (Å²) in [5.74, 6) is -0.246. The topological polar surface area (TPSA) is 76.2 Å². The molecular weight excluding hydrogens is 266 g/mol. The Hall–Kier alpha value is -2.50. The van der Waals surface area contributed by atoms with Crippen LogP contribution in [0.15, 0.2) is 24.3 Å². The van der Waals surface area contributed by atoms with E-state index in [9.17, 15) is 4.79 Å². The van der Waals surface area contributed by atoms with E-state index in [1.54, 1.807) is 11.6 Å². The van der Waals surface area contributed by atoms with E-state index in [0.717, 1.165) is 11.4 Å². The zero-order valence-electron chi connectivity index (χ0n) is 12.8. The summed E-state index contributed by atoms with van der Waals surface area (Å²) >= 11 is 0. The van der Waals surface area contributed by atoms with Gasteiger partial charge in [0.1, 0.15) is 5.69 Å². The summed E-state index contributed by atoms with van der Waals surface area (Å²) in [7, 11) is 3.86. The van der Waals surface area contributed by atoms with Crippen molar-refractivity contribution in [2.75, 3.05) is 30.0 Å². The predicted octanol–water partition coefficient (Wildman–Crippen LogP) is 2.11. The standard InChI is InChI=1S/C15H21N5O/c1-5-20-14(13(16)10(2)18-20)15(21)17-11-8-6-7-9-12(11)19(3)4/h6-9H,5,16H2,1-4H3,(H,17,21). The summed E-state index contributed by atoms with van der Waals surface area (Å²) in [6.45, 7) is 4.32. The van der Waals surface area contributed by atoms with E-state index in [1.165, 1.54) is 0 Å². The summed E-state index contributed by atoms with van der Waals surface area (Å²) in [5.41, 5.74) is 9.16. The van der Waals surface area contributed by atoms with Gasteiger partial charge in [-0.05, 0) is 26.0 Å². The molecule has 0 aliphatic carbocycles. The molecule has 1 aromatic heterocycles. The summed E-state index contributed by atoms with van der Waals surface area (Å²) in [6, 6.07) is 7.62. The van der Waals surface area contributed by atoms with E-state index in [0.29, 0.717) is 23.6 Å². The zero-order chi connectivity index (χ0) is 15.6. The molecule has 0 spiro atoms. The quantitative estimate of drug-likeness (QED) is 0.903. The molecule has 0 saturated carbocycles. The lowest BCUT2D eigenvalue weighted by molar-refractivity contribution is 0.101. The number of rotatable bonds is 4. The number of hydrogen-bond acceptors (Lipinski definition) is 4. The van der Waals surface area contributed by atoms with Crippen LogP contribution < -0.4 is 16.0 Å². The Labute approximate surface area is 124 Å². The average Bonchev–Trinajstić information content (AvgIpc) is 2.74. The molecule has 3 N–H and O–H groups in total. The Kier molecular flexibility index (Phi) is 4.16. The number of anilines is 3. The number of benzene rings is 1. The third-order valence-electron chi connectivity index (χ3n) is 3.32. The molecule has 0 aliphatic heterocycles. The van der Waals surface area contributed by atoms with Crippen molar-refractivity contribution in [2.24, 2.45) is 0 Å². The Morgan fingerprint density at radius 3 is 2.67 bits per heavy atom. The van der Waals surface area contributed by atoms with Crippen LogP contribution in [0.1, 0.15) is 23.1 Å². The van der Waals surface area contributed by atoms with E-state index in [1.807, 2.05) is 50.2 Å². The lowest BCUT2D eigenvalue weighted by Gasteiger charge is -2.18. The second-order valence-electron chi connectivity index (χ2n) is 5.03. The number of aryl methyl sites for hydroxylation is 2. The fourth-order valence-electron chi connectivity index (χ4n) is 2.21. The van der Waals surface area contributed by atoms with Gasteiger partial charge in [0.25, 0.3) is 5.91 Å². The van der Waals surface area contributed by atoms with E-state index in [-0.39, 0.29) is 5.91 Å². The van der Waals surface area contributed by atoms with Crippen LogP contribution in [0, 0.1) is 6.92 Å². The molecular formula is C15H21N5O. The fraction of sp³-hybridized carbons (Fsp3) is 0.333. The zero-order valence-corrected chi connectivity index (χ0v) is 12.8. The molecule has 0 saturated heterocycles. The maximum atomic E-state index is 12.5. The lowest BCUT2D eigenvalue weighted by Crippen LogP contribution is -2.20. The number of nitrogens with two attached hydrogens (primary N) is 1. The van der Waals surface area contributed by atoms with Crippen LogP contribution in [0.4, 0.5) is 17.1 Å². The molecule has 0 bridgehead atoms. The minimum absolute atomic E-state index is 0.246. The van der Waals surface area contributed by atoms with Gasteiger partial charge in [-0.2, -0.15) is 5.10 Å². The highest BCUT2D eigenvalue weighted by molar-refractivity contribution is 6.08. The van der Waals surface area contributed by atoms with Crippen LogP contribution in [0.3, 0.4) is 0 Å². The number of nitrogens with one attached hydrogen (secondary N) is 1. The number of amides is 1. The maximum Gasteiger partial charge on any atom is 0.276 e. The molecule has 0 radical (unpaired) electrons. The third kappa shape index (κ3) is 2.84. The van der Waals surface area contributed by atoms with Gasteiger partial charge in [-0.15, -0.1) is 0 Å². The largest absolute Gasteiger partial charge is 0.395 e. The molecule has 2 rings (SSSR count). The SMILES string of the molecule is CCn1nc(C)c(N)c1C(=O)Nc1ccccc1N(C)C. The molecule has 6 nitrogen and oxygen atoms in total. The van der Waals surface area contributed by atoms with E-state index < -0.39 is 0 Å². The van der Waals surface area contributed by atoms with Crippen molar-refractivity contribution in [3.8, 4) is 0 Å². The van der Waals surface area contributed by atoms with Crippen molar-refractivity contribution in [1.29, 1.82) is 0 Å². The Bertz CT molecular complexity index is 660. The Morgan fingerprint density at radius 1 is 1.38 bits per heavy atom. The summed E-state index contributed by atoms with van der Waals surface area (Å²) in [5, 5.41) is 7.18. The predicted molar refractivity (Wildman–Crippen MR) is 85.8 cm³/mol. The van der Waals surface area contributed by atoms with Gasteiger partial charge in [0.15, 0.2) is 0 Å². The van der Waals surface area contributed by atoms with Crippen LogP contribution >= 0.6 is 0 Å². The molecule has 6 heteroatoms. The first-order valence-electron chi connectivity index (χ1n) is 6.86. The van der Waals surface area contributed by atoms with Crippen molar-refractivity contribution >= 4 is 23.0 Å². The summed E-state index contributed by atoms with van der Waals surface area (Å²) in [6.07, 6.45) is 0. The van der Waals surface area contributed by atoms with Crippen LogP contribution in [-0.2, 0) is 6.54 Å². The number of hydrogen-bond donors (Lipinski definition) is 2. The average molecular weight is 287 g/mol. The number of para-hydroxylation sites is 2. The van der Waals surface area contributed by atoms with Crippen LogP contribution in [0.2, 0.25) is 0 Å². The highest BCUT2D eigenvalue weighted by atomic mass is 16.2. The smallest absolute Gasteiger partial charge is 0.276 e. The minimum atomic E-state index is -0.246. The van der Waals surface area contributed by atoms with Crippen molar-refractivity contribution < 1.29 is 4.79 Å². The summed E-state index contributed by atoms with van der Waals surface area (Å²) in [4.78, 5) is 14.5. The monoisotopic (exact) mass is 287 g/mol. The molecule has 0 atom stereocenters. The van der Waals surface area contributed by atoms with Gasteiger partial charge < -0.3 is 16.0 Å². The number of nitrogens with zero attached hydrogens (tertiary/aromatic N) is 3. The normalized spacial score (nSPS) is 10.5. The molecule has 112 valence electrons. The molecule has 0 unspecified atom stereocenters. The van der Waals surface area contributed by atoms with Gasteiger partial charge in [0.2, 0.25) is 0 Å². The van der Waals surface area contributed by atoms with Crippen molar-refractivity contribution in [3.63, 3.8) is 0 Å². The van der Waals surface area contributed by atoms with Crippen LogP contribution in [0.5, 0.6) is 0 Å². The van der Waals surface area contributed by atoms with Crippen molar-refractivity contribution in [1.82, 2.24) is 9.78 Å². The van der Waals surface area contributed by atoms with Gasteiger partial charge in [-0.3, -0.25) is 9.48 Å². The van der Waals surface area contributed by atoms with E-state index >= 15 is 0 Å². The molecule has 2 aromatic rings. The number of aromatic nitrogens is 2. The highest BCUT2D eigenvalue weighted by Gasteiger charge is 2.20. The number of carbonyl (C=O) groups excluding carboxylic acids is 1. The van der Waals surface area contributed by atoms with Gasteiger partial charge in [-0.1, -0.05) is 12.1 Å². The molecule has 21 heavy (non-hydrogen) atoms. The number of carbonyl (C=O) groups is 1. The Morgan fingerprint density at radius 2 is 2.05 bits per heavy atom. The first kappa shape index (κ1) is 14.9. The minimum Gasteiger partial charge on any atom is -0.395 e. The maximum absolute atomic E-state index is 12.5. The van der Waals surface area contributed by atoms with Gasteiger partial charge in [0, 0.05) is 20.6 Å². The highest BCUT2D eigenvalue weighted by Crippen LogP contribution is 2.25. The third-order valence-corrected chi connectivity index (χ3v) is 3.32. The van der Waals surface area contributed by atoms with Crippen LogP contribution in [-0.4, -0.2) is 29.8 Å². The molecule has 0 aliphatic rings. The second-order valence-corrected chi connectivity index (χ2v) is 5.03.